The van der Waals surface area contributed by atoms with Crippen molar-refractivity contribution in [1.29, 1.82) is 0 Å². The zero-order chi connectivity index (χ0) is 16.0. The number of aromatic amines is 1. The maximum atomic E-state index is 12.4. The van der Waals surface area contributed by atoms with E-state index in [4.69, 9.17) is 0 Å². The SMILES string of the molecule is O=S(=O)(Nc1ccc2nc(C3CC3)[nH]c2c1)c1ccc(Br)cc1. The lowest BCUT2D eigenvalue weighted by Crippen LogP contribution is -2.12. The number of hydrogen-bond acceptors (Lipinski definition) is 3. The normalized spacial score (nSPS) is 15.0. The Morgan fingerprint density at radius 2 is 1.87 bits per heavy atom. The van der Waals surface area contributed by atoms with Gasteiger partial charge in [0.1, 0.15) is 5.82 Å². The summed E-state index contributed by atoms with van der Waals surface area (Å²) in [5, 5.41) is 0. The highest BCUT2D eigenvalue weighted by atomic mass is 79.9. The first-order valence-corrected chi connectivity index (χ1v) is 9.57. The van der Waals surface area contributed by atoms with Gasteiger partial charge in [-0.1, -0.05) is 15.9 Å². The van der Waals surface area contributed by atoms with Crippen molar-refractivity contribution >= 4 is 42.7 Å². The Balaban J connectivity index is 1.64. The fourth-order valence-corrected chi connectivity index (χ4v) is 3.78. The van der Waals surface area contributed by atoms with Gasteiger partial charge in [0.25, 0.3) is 10.0 Å². The third-order valence-electron chi connectivity index (χ3n) is 3.84. The number of benzene rings is 2. The molecule has 1 aromatic heterocycles. The number of aromatic nitrogens is 2. The summed E-state index contributed by atoms with van der Waals surface area (Å²) in [7, 11) is -3.60. The number of nitrogens with one attached hydrogen (secondary N) is 2. The van der Waals surface area contributed by atoms with Crippen molar-refractivity contribution in [3.8, 4) is 0 Å². The molecule has 1 heterocycles. The topological polar surface area (TPSA) is 74.8 Å². The van der Waals surface area contributed by atoms with Crippen LogP contribution in [-0.4, -0.2) is 18.4 Å². The van der Waals surface area contributed by atoms with E-state index >= 15 is 0 Å². The molecule has 2 aromatic carbocycles. The van der Waals surface area contributed by atoms with Crippen LogP contribution in [0.2, 0.25) is 0 Å². The minimum absolute atomic E-state index is 0.226. The number of rotatable bonds is 4. The molecule has 1 aliphatic carbocycles. The summed E-state index contributed by atoms with van der Waals surface area (Å²) in [6.45, 7) is 0. The van der Waals surface area contributed by atoms with Crippen LogP contribution in [0.5, 0.6) is 0 Å². The summed E-state index contributed by atoms with van der Waals surface area (Å²) in [6.07, 6.45) is 2.34. The van der Waals surface area contributed by atoms with Crippen molar-refractivity contribution in [3.63, 3.8) is 0 Å². The maximum absolute atomic E-state index is 12.4. The van der Waals surface area contributed by atoms with E-state index in [1.54, 1.807) is 36.4 Å². The summed E-state index contributed by atoms with van der Waals surface area (Å²) in [5.41, 5.74) is 2.23. The molecule has 1 aliphatic rings. The van der Waals surface area contributed by atoms with Gasteiger partial charge in [0.2, 0.25) is 0 Å². The van der Waals surface area contributed by atoms with E-state index in [0.717, 1.165) is 21.3 Å². The molecular formula is C16H14BrN3O2S. The van der Waals surface area contributed by atoms with Crippen LogP contribution in [-0.2, 0) is 10.0 Å². The standard InChI is InChI=1S/C16H14BrN3O2S/c17-11-3-6-13(7-4-11)23(21,22)20-12-5-8-14-15(9-12)19-16(18-14)10-1-2-10/h3-10,20H,1-2H2,(H,18,19). The van der Waals surface area contributed by atoms with Crippen molar-refractivity contribution in [1.82, 2.24) is 9.97 Å². The van der Waals surface area contributed by atoms with Gasteiger partial charge in [0, 0.05) is 10.4 Å². The second-order valence-electron chi connectivity index (χ2n) is 5.69. The largest absolute Gasteiger partial charge is 0.342 e. The maximum Gasteiger partial charge on any atom is 0.261 e. The van der Waals surface area contributed by atoms with Gasteiger partial charge in [-0.2, -0.15) is 0 Å². The molecule has 0 amide bonds. The second kappa shape index (κ2) is 5.35. The number of fused-ring (bicyclic) bond motifs is 1. The van der Waals surface area contributed by atoms with Crippen molar-refractivity contribution in [3.05, 3.63) is 52.8 Å². The van der Waals surface area contributed by atoms with E-state index in [-0.39, 0.29) is 4.90 Å². The molecule has 0 spiro atoms. The summed E-state index contributed by atoms with van der Waals surface area (Å²) in [6, 6.07) is 11.9. The smallest absolute Gasteiger partial charge is 0.261 e. The summed E-state index contributed by atoms with van der Waals surface area (Å²) < 4.78 is 28.3. The first-order chi connectivity index (χ1) is 11.0. The van der Waals surface area contributed by atoms with Gasteiger partial charge in [-0.3, -0.25) is 4.72 Å². The Bertz CT molecular complexity index is 976. The number of imidazole rings is 1. The van der Waals surface area contributed by atoms with Gasteiger partial charge >= 0.3 is 0 Å². The van der Waals surface area contributed by atoms with Gasteiger partial charge in [-0.15, -0.1) is 0 Å². The van der Waals surface area contributed by atoms with Crippen LogP contribution < -0.4 is 4.72 Å². The van der Waals surface area contributed by atoms with E-state index in [2.05, 4.69) is 30.6 Å². The lowest BCUT2D eigenvalue weighted by atomic mass is 10.3. The average molecular weight is 392 g/mol. The molecule has 0 bridgehead atoms. The third kappa shape index (κ3) is 2.98. The first-order valence-electron chi connectivity index (χ1n) is 7.29. The van der Waals surface area contributed by atoms with E-state index in [9.17, 15) is 8.42 Å². The number of H-pyrrole nitrogens is 1. The number of nitrogens with zero attached hydrogens (tertiary/aromatic N) is 1. The molecule has 0 aliphatic heterocycles. The van der Waals surface area contributed by atoms with Crippen LogP contribution in [0.1, 0.15) is 24.6 Å². The van der Waals surface area contributed by atoms with Gasteiger partial charge < -0.3 is 4.98 Å². The van der Waals surface area contributed by atoms with Crippen molar-refractivity contribution in [2.45, 2.75) is 23.7 Å². The van der Waals surface area contributed by atoms with E-state index in [1.165, 1.54) is 12.8 Å². The molecular weight excluding hydrogens is 378 g/mol. The Kier molecular flexibility index (Phi) is 3.42. The minimum atomic E-state index is -3.60. The fraction of sp³-hybridized carbons (Fsp3) is 0.188. The Labute approximate surface area is 142 Å². The van der Waals surface area contributed by atoms with Crippen LogP contribution in [0.25, 0.3) is 11.0 Å². The van der Waals surface area contributed by atoms with Gasteiger partial charge in [-0.25, -0.2) is 13.4 Å². The lowest BCUT2D eigenvalue weighted by Gasteiger charge is -2.08. The van der Waals surface area contributed by atoms with Gasteiger partial charge in [-0.05, 0) is 55.3 Å². The third-order valence-corrected chi connectivity index (χ3v) is 5.77. The Morgan fingerprint density at radius 1 is 1.13 bits per heavy atom. The molecule has 5 nitrogen and oxygen atoms in total. The fourth-order valence-electron chi connectivity index (χ4n) is 2.47. The molecule has 1 fully saturated rings. The van der Waals surface area contributed by atoms with Crippen LogP contribution in [0.3, 0.4) is 0 Å². The monoisotopic (exact) mass is 391 g/mol. The van der Waals surface area contributed by atoms with Crippen LogP contribution in [0.4, 0.5) is 5.69 Å². The molecule has 118 valence electrons. The Hall–Kier alpha value is -1.86. The first kappa shape index (κ1) is 14.7. The number of hydrogen-bond donors (Lipinski definition) is 2. The van der Waals surface area contributed by atoms with Crippen molar-refractivity contribution in [2.75, 3.05) is 4.72 Å². The highest BCUT2D eigenvalue weighted by molar-refractivity contribution is 9.10. The minimum Gasteiger partial charge on any atom is -0.342 e. The van der Waals surface area contributed by atoms with Crippen LogP contribution in [0.15, 0.2) is 51.8 Å². The van der Waals surface area contributed by atoms with E-state index < -0.39 is 10.0 Å². The van der Waals surface area contributed by atoms with Crippen LogP contribution >= 0.6 is 15.9 Å². The summed E-state index contributed by atoms with van der Waals surface area (Å²) in [5.74, 6) is 1.53. The van der Waals surface area contributed by atoms with Crippen molar-refractivity contribution in [2.24, 2.45) is 0 Å². The molecule has 0 atom stereocenters. The highest BCUT2D eigenvalue weighted by Crippen LogP contribution is 2.39. The number of sulfonamides is 1. The zero-order valence-electron chi connectivity index (χ0n) is 12.1. The molecule has 4 rings (SSSR count). The molecule has 1 saturated carbocycles. The molecule has 7 heteroatoms. The molecule has 2 N–H and O–H groups in total. The number of anilines is 1. The van der Waals surface area contributed by atoms with Gasteiger partial charge in [0.05, 0.1) is 21.6 Å². The molecule has 0 unspecified atom stereocenters. The molecule has 23 heavy (non-hydrogen) atoms. The zero-order valence-corrected chi connectivity index (χ0v) is 14.5. The molecule has 0 saturated heterocycles. The molecule has 3 aromatic rings. The quantitative estimate of drug-likeness (QED) is 0.705. The highest BCUT2D eigenvalue weighted by Gasteiger charge is 2.26. The second-order valence-corrected chi connectivity index (χ2v) is 8.29. The lowest BCUT2D eigenvalue weighted by molar-refractivity contribution is 0.601. The van der Waals surface area contributed by atoms with E-state index in [0.29, 0.717) is 11.6 Å². The summed E-state index contributed by atoms with van der Waals surface area (Å²) in [4.78, 5) is 8.05. The van der Waals surface area contributed by atoms with Crippen LogP contribution in [0, 0.1) is 0 Å². The molecule has 0 radical (unpaired) electrons. The van der Waals surface area contributed by atoms with Crippen molar-refractivity contribution < 1.29 is 8.42 Å². The predicted octanol–water partition coefficient (Wildman–Crippen LogP) is 4.00. The Morgan fingerprint density at radius 3 is 2.57 bits per heavy atom. The summed E-state index contributed by atoms with van der Waals surface area (Å²) >= 11 is 3.30. The van der Waals surface area contributed by atoms with E-state index in [1.807, 2.05) is 6.07 Å². The predicted molar refractivity (Wildman–Crippen MR) is 93.0 cm³/mol. The average Bonchev–Trinajstić information content (AvgIpc) is 3.27. The van der Waals surface area contributed by atoms with Gasteiger partial charge in [0.15, 0.2) is 0 Å². The number of halogens is 1.